The molecule has 10 aromatic carbocycles. The van der Waals surface area contributed by atoms with Crippen LogP contribution in [-0.2, 0) is 10.8 Å². The van der Waals surface area contributed by atoms with Crippen LogP contribution in [0, 0.1) is 0 Å². The first kappa shape index (κ1) is 32.1. The molecule has 10 aromatic rings. The topological polar surface area (TPSA) is 0 Å². The molecule has 58 heavy (non-hydrogen) atoms. The Morgan fingerprint density at radius 3 is 1.34 bits per heavy atom. The molecule has 3 aliphatic rings. The van der Waals surface area contributed by atoms with Crippen LogP contribution in [0.5, 0.6) is 0 Å². The minimum absolute atomic E-state index is 0.136. The fraction of sp³-hybridized carbons (Fsp3) is 0.0690. The number of hydrogen-bond acceptors (Lipinski definition) is 0. The summed E-state index contributed by atoms with van der Waals surface area (Å²) in [4.78, 5) is 0. The predicted molar refractivity (Wildman–Crippen MR) is 244 cm³/mol. The van der Waals surface area contributed by atoms with E-state index >= 15 is 0 Å². The molecule has 0 aliphatic heterocycles. The molecule has 0 heterocycles. The maximum absolute atomic E-state index is 2.55. The van der Waals surface area contributed by atoms with Crippen molar-refractivity contribution in [1.82, 2.24) is 0 Å². The van der Waals surface area contributed by atoms with Crippen molar-refractivity contribution in [2.75, 3.05) is 0 Å². The molecule has 0 heteroatoms. The Morgan fingerprint density at radius 1 is 0.293 bits per heavy atom. The molecule has 0 amide bonds. The van der Waals surface area contributed by atoms with Crippen molar-refractivity contribution in [2.24, 2.45) is 0 Å². The van der Waals surface area contributed by atoms with E-state index in [1.54, 1.807) is 0 Å². The monoisotopic (exact) mass is 734 g/mol. The van der Waals surface area contributed by atoms with Gasteiger partial charge in [0.05, 0.1) is 5.41 Å². The van der Waals surface area contributed by atoms with Crippen LogP contribution < -0.4 is 0 Å². The van der Waals surface area contributed by atoms with Crippen LogP contribution >= 0.6 is 0 Å². The van der Waals surface area contributed by atoms with E-state index in [1.807, 2.05) is 0 Å². The van der Waals surface area contributed by atoms with Crippen LogP contribution in [-0.4, -0.2) is 0 Å². The fourth-order valence-electron chi connectivity index (χ4n) is 11.8. The molecule has 0 aromatic heterocycles. The maximum atomic E-state index is 2.55. The summed E-state index contributed by atoms with van der Waals surface area (Å²) in [5, 5.41) is 7.77. The van der Waals surface area contributed by atoms with Gasteiger partial charge in [-0.2, -0.15) is 0 Å². The second-order valence-electron chi connectivity index (χ2n) is 17.1. The number of benzene rings is 10. The van der Waals surface area contributed by atoms with Gasteiger partial charge >= 0.3 is 0 Å². The van der Waals surface area contributed by atoms with Gasteiger partial charge in [0.25, 0.3) is 0 Å². The molecule has 1 spiro atoms. The third-order valence-electron chi connectivity index (χ3n) is 14.0. The maximum Gasteiger partial charge on any atom is 0.0725 e. The Bertz CT molecular complexity index is 3310. The molecule has 0 N–H and O–H groups in total. The van der Waals surface area contributed by atoms with Gasteiger partial charge < -0.3 is 0 Å². The van der Waals surface area contributed by atoms with Crippen molar-refractivity contribution in [3.63, 3.8) is 0 Å². The molecule has 3 aliphatic carbocycles. The van der Waals surface area contributed by atoms with Gasteiger partial charge in [0.15, 0.2) is 0 Å². The normalized spacial score (nSPS) is 14.7. The molecule has 0 bridgehead atoms. The van der Waals surface area contributed by atoms with Crippen molar-refractivity contribution < 1.29 is 0 Å². The highest BCUT2D eigenvalue weighted by Crippen LogP contribution is 2.63. The molecule has 0 atom stereocenters. The number of fused-ring (bicyclic) bond motifs is 17. The Balaban J connectivity index is 1.11. The third-order valence-corrected chi connectivity index (χ3v) is 14.0. The van der Waals surface area contributed by atoms with E-state index in [0.29, 0.717) is 0 Å². The second kappa shape index (κ2) is 11.3. The molecule has 0 radical (unpaired) electrons. The molecular weight excluding hydrogens is 697 g/mol. The van der Waals surface area contributed by atoms with Gasteiger partial charge in [0.2, 0.25) is 0 Å². The van der Waals surface area contributed by atoms with E-state index in [1.165, 1.54) is 121 Å². The molecule has 13 rings (SSSR count). The summed E-state index contributed by atoms with van der Waals surface area (Å²) in [6, 6.07) is 73.6. The van der Waals surface area contributed by atoms with Crippen LogP contribution in [0.3, 0.4) is 0 Å². The molecule has 270 valence electrons. The average molecular weight is 735 g/mol. The largest absolute Gasteiger partial charge is 0.0725 e. The lowest BCUT2D eigenvalue weighted by atomic mass is 9.70. The highest BCUT2D eigenvalue weighted by molar-refractivity contribution is 6.23. The summed E-state index contributed by atoms with van der Waals surface area (Å²) in [5.41, 5.74) is 21.0. The Kier molecular flexibility index (Phi) is 6.26. The first-order valence-electron chi connectivity index (χ1n) is 20.6. The van der Waals surface area contributed by atoms with Crippen LogP contribution in [0.2, 0.25) is 0 Å². The lowest BCUT2D eigenvalue weighted by Crippen LogP contribution is -2.25. The Morgan fingerprint density at radius 2 is 0.741 bits per heavy atom. The second-order valence-corrected chi connectivity index (χ2v) is 17.1. The zero-order valence-corrected chi connectivity index (χ0v) is 32.5. The Labute approximate surface area is 338 Å². The van der Waals surface area contributed by atoms with Crippen molar-refractivity contribution in [1.29, 1.82) is 0 Å². The lowest BCUT2D eigenvalue weighted by Gasteiger charge is -2.31. The van der Waals surface area contributed by atoms with E-state index in [9.17, 15) is 0 Å². The van der Waals surface area contributed by atoms with E-state index in [2.05, 4.69) is 208 Å². The summed E-state index contributed by atoms with van der Waals surface area (Å²) < 4.78 is 0. The summed E-state index contributed by atoms with van der Waals surface area (Å²) >= 11 is 0. The highest BCUT2D eigenvalue weighted by Gasteiger charge is 2.51. The van der Waals surface area contributed by atoms with Crippen LogP contribution in [0.15, 0.2) is 194 Å². The van der Waals surface area contributed by atoms with Gasteiger partial charge in [-0.25, -0.2) is 0 Å². The quantitative estimate of drug-likeness (QED) is 0.155. The van der Waals surface area contributed by atoms with Crippen LogP contribution in [0.25, 0.3) is 88.0 Å². The van der Waals surface area contributed by atoms with E-state index < -0.39 is 5.41 Å². The van der Waals surface area contributed by atoms with Crippen LogP contribution in [0.4, 0.5) is 0 Å². The van der Waals surface area contributed by atoms with Gasteiger partial charge in [-0.05, 0) is 127 Å². The van der Waals surface area contributed by atoms with Crippen molar-refractivity contribution in [2.45, 2.75) is 24.7 Å². The Hall–Kier alpha value is -7.02. The minimum Gasteiger partial charge on any atom is -0.0619 e. The minimum atomic E-state index is -0.393. The number of rotatable bonds is 2. The van der Waals surface area contributed by atoms with E-state index in [0.717, 1.165) is 0 Å². The van der Waals surface area contributed by atoms with Gasteiger partial charge in [0, 0.05) is 5.41 Å². The molecule has 0 saturated heterocycles. The molecule has 0 saturated carbocycles. The first-order chi connectivity index (χ1) is 28.6. The molecule has 0 unspecified atom stereocenters. The van der Waals surface area contributed by atoms with Crippen molar-refractivity contribution in [3.8, 4) is 55.6 Å². The standard InChI is InChI=1S/C58H38/c1-57(2)51-29-15-25-46(55(51)47-33-30-35-16-3-4-17-37(35)56(47)57)54-44-23-7-5-21-42(44)53(43-22-6-8-24-45(43)54)36-31-32-41-40-20-11-14-28-50(40)58(52(41)34-36)48-26-12-9-18-38(48)39-19-10-13-27-49(39)58/h3-34H,1-2H3. The predicted octanol–water partition coefficient (Wildman–Crippen LogP) is 15.1. The summed E-state index contributed by atoms with van der Waals surface area (Å²) in [6.07, 6.45) is 0. The molecular formula is C58H38. The summed E-state index contributed by atoms with van der Waals surface area (Å²) in [7, 11) is 0. The van der Waals surface area contributed by atoms with Crippen molar-refractivity contribution in [3.05, 3.63) is 228 Å². The van der Waals surface area contributed by atoms with E-state index in [-0.39, 0.29) is 5.41 Å². The highest BCUT2D eigenvalue weighted by atomic mass is 14.5. The SMILES string of the molecule is CC1(C)c2cccc(-c3c4ccccc4c(-c4ccc5c(c4)C4(c6ccccc6-c6ccccc64)c4ccccc4-5)c4ccccc34)c2-c2ccc3ccccc3c21. The zero-order valence-electron chi connectivity index (χ0n) is 32.5. The van der Waals surface area contributed by atoms with Crippen molar-refractivity contribution >= 4 is 32.3 Å². The van der Waals surface area contributed by atoms with Gasteiger partial charge in [-0.1, -0.05) is 202 Å². The van der Waals surface area contributed by atoms with Crippen LogP contribution in [0.1, 0.15) is 47.2 Å². The third kappa shape index (κ3) is 3.86. The summed E-state index contributed by atoms with van der Waals surface area (Å²) in [6.45, 7) is 4.82. The molecule has 0 fully saturated rings. The molecule has 0 nitrogen and oxygen atoms in total. The van der Waals surface area contributed by atoms with E-state index in [4.69, 9.17) is 0 Å². The summed E-state index contributed by atoms with van der Waals surface area (Å²) in [5.74, 6) is 0. The first-order valence-corrected chi connectivity index (χ1v) is 20.6. The van der Waals surface area contributed by atoms with Gasteiger partial charge in [0.1, 0.15) is 0 Å². The number of hydrogen-bond donors (Lipinski definition) is 0. The van der Waals surface area contributed by atoms with Gasteiger partial charge in [-0.15, -0.1) is 0 Å². The smallest absolute Gasteiger partial charge is 0.0619 e. The lowest BCUT2D eigenvalue weighted by molar-refractivity contribution is 0.666. The average Bonchev–Trinajstić information content (AvgIpc) is 3.84. The fourth-order valence-corrected chi connectivity index (χ4v) is 11.8. The zero-order chi connectivity index (χ0) is 38.3. The van der Waals surface area contributed by atoms with Gasteiger partial charge in [-0.3, -0.25) is 0 Å².